The molecule has 252 valence electrons. The quantitative estimate of drug-likeness (QED) is 0.150. The van der Waals surface area contributed by atoms with Gasteiger partial charge in [0.1, 0.15) is 28.7 Å². The second-order valence-electron chi connectivity index (χ2n) is 13.1. The van der Waals surface area contributed by atoms with Gasteiger partial charge in [-0.05, 0) is 78.0 Å². The standard InChI is InChI=1S/C34H43F3N2O7/c1-7-8-9-10-11-12-22(17-28(40)45-32(3,4)5)30(41)39-20-33(19-27(39)31(42)43-6)16-15-24-25-18-23(44-34(35,36)37)13-14-26(25)38-21(2)29(24)46-33/h7,13-14,18,22,27H,1,8-12,15-17,19-20H2,2-6H3/t22-,27+,33+/m1/s1. The molecule has 1 aromatic heterocycles. The third kappa shape index (κ3) is 8.50. The number of likely N-dealkylation sites (tertiary alicyclic amines) is 1. The van der Waals surface area contributed by atoms with Gasteiger partial charge in [0, 0.05) is 23.3 Å². The largest absolute Gasteiger partial charge is 0.573 e. The SMILES string of the molecule is C=CCCCCC[C@H](CC(=O)OC(C)(C)C)C(=O)N1C[C@]2(CCc3c(c(C)nc4ccc(OC(F)(F)F)cc34)O2)C[C@H]1C(=O)OC. The molecule has 3 atom stereocenters. The monoisotopic (exact) mass is 648 g/mol. The van der Waals surface area contributed by atoms with Crippen LogP contribution in [0.1, 0.15) is 83.4 Å². The summed E-state index contributed by atoms with van der Waals surface area (Å²) >= 11 is 0. The first-order chi connectivity index (χ1) is 21.5. The summed E-state index contributed by atoms with van der Waals surface area (Å²) in [5.41, 5.74) is 0.0246. The molecule has 2 aliphatic heterocycles. The van der Waals surface area contributed by atoms with Crippen molar-refractivity contribution in [2.45, 2.75) is 109 Å². The molecule has 1 saturated heterocycles. The molecule has 0 saturated carbocycles. The molecule has 1 amide bonds. The van der Waals surface area contributed by atoms with Gasteiger partial charge in [-0.1, -0.05) is 18.9 Å². The summed E-state index contributed by atoms with van der Waals surface area (Å²) < 4.78 is 60.2. The molecule has 12 heteroatoms. The molecule has 0 radical (unpaired) electrons. The molecular weight excluding hydrogens is 605 g/mol. The Hall–Kier alpha value is -3.83. The van der Waals surface area contributed by atoms with Gasteiger partial charge in [0.25, 0.3) is 0 Å². The van der Waals surface area contributed by atoms with E-state index in [9.17, 15) is 27.6 Å². The minimum atomic E-state index is -4.85. The van der Waals surface area contributed by atoms with Gasteiger partial charge in [-0.3, -0.25) is 9.59 Å². The van der Waals surface area contributed by atoms with E-state index in [1.54, 1.807) is 27.7 Å². The average Bonchev–Trinajstić information content (AvgIpc) is 3.33. The van der Waals surface area contributed by atoms with Gasteiger partial charge in [0.2, 0.25) is 5.91 Å². The number of pyridine rings is 1. The molecule has 0 aliphatic carbocycles. The highest BCUT2D eigenvalue weighted by atomic mass is 19.4. The van der Waals surface area contributed by atoms with Crippen molar-refractivity contribution in [3.63, 3.8) is 0 Å². The van der Waals surface area contributed by atoms with Gasteiger partial charge < -0.3 is 23.8 Å². The van der Waals surface area contributed by atoms with Gasteiger partial charge in [-0.2, -0.15) is 0 Å². The Morgan fingerprint density at radius 2 is 1.93 bits per heavy atom. The summed E-state index contributed by atoms with van der Waals surface area (Å²) in [5.74, 6) is -2.10. The van der Waals surface area contributed by atoms with Crippen molar-refractivity contribution in [1.29, 1.82) is 0 Å². The van der Waals surface area contributed by atoms with E-state index in [1.165, 1.54) is 30.2 Å². The number of fused-ring (bicyclic) bond motifs is 3. The Balaban J connectivity index is 1.62. The van der Waals surface area contributed by atoms with Crippen LogP contribution in [0.2, 0.25) is 0 Å². The summed E-state index contributed by atoms with van der Waals surface area (Å²) in [7, 11) is 1.26. The predicted molar refractivity (Wildman–Crippen MR) is 164 cm³/mol. The van der Waals surface area contributed by atoms with Crippen LogP contribution < -0.4 is 9.47 Å². The topological polar surface area (TPSA) is 104 Å². The number of amides is 1. The number of rotatable bonds is 11. The summed E-state index contributed by atoms with van der Waals surface area (Å²) in [4.78, 5) is 46.1. The van der Waals surface area contributed by atoms with Crippen molar-refractivity contribution in [2.24, 2.45) is 5.92 Å². The van der Waals surface area contributed by atoms with Gasteiger partial charge in [-0.25, -0.2) is 9.78 Å². The molecule has 46 heavy (non-hydrogen) atoms. The van der Waals surface area contributed by atoms with E-state index in [2.05, 4.69) is 16.3 Å². The van der Waals surface area contributed by atoms with Crippen LogP contribution in [-0.2, 0) is 30.3 Å². The van der Waals surface area contributed by atoms with E-state index in [4.69, 9.17) is 14.2 Å². The second kappa shape index (κ2) is 13.9. The van der Waals surface area contributed by atoms with Gasteiger partial charge >= 0.3 is 18.3 Å². The molecule has 4 rings (SSSR count). The number of hydrogen-bond acceptors (Lipinski definition) is 8. The Morgan fingerprint density at radius 1 is 1.20 bits per heavy atom. The van der Waals surface area contributed by atoms with E-state index < -0.39 is 41.5 Å². The summed E-state index contributed by atoms with van der Waals surface area (Å²) in [5, 5.41) is 0.474. The van der Waals surface area contributed by atoms with Crippen LogP contribution in [-0.4, -0.2) is 65.0 Å². The maximum atomic E-state index is 14.2. The minimum absolute atomic E-state index is 0.0705. The molecule has 1 aromatic carbocycles. The predicted octanol–water partition coefficient (Wildman–Crippen LogP) is 6.76. The lowest BCUT2D eigenvalue weighted by Gasteiger charge is -2.36. The number of aromatic nitrogens is 1. The zero-order chi connectivity index (χ0) is 33.9. The van der Waals surface area contributed by atoms with E-state index in [1.807, 2.05) is 6.08 Å². The number of allylic oxidation sites excluding steroid dienone is 1. The van der Waals surface area contributed by atoms with Crippen molar-refractivity contribution in [3.8, 4) is 11.5 Å². The molecule has 2 aliphatic rings. The van der Waals surface area contributed by atoms with Crippen molar-refractivity contribution in [2.75, 3.05) is 13.7 Å². The van der Waals surface area contributed by atoms with E-state index >= 15 is 0 Å². The van der Waals surface area contributed by atoms with Crippen LogP contribution in [0.25, 0.3) is 10.9 Å². The smallest absolute Gasteiger partial charge is 0.483 e. The number of benzene rings is 1. The molecule has 3 heterocycles. The number of carbonyl (C=O) groups excluding carboxylic acids is 3. The number of unbranched alkanes of at least 4 members (excludes halogenated alkanes) is 3. The maximum absolute atomic E-state index is 14.2. The summed E-state index contributed by atoms with van der Waals surface area (Å²) in [6.07, 6.45) is 1.57. The van der Waals surface area contributed by atoms with Gasteiger partial charge in [0.15, 0.2) is 0 Å². The van der Waals surface area contributed by atoms with E-state index in [0.717, 1.165) is 19.3 Å². The Labute approximate surface area is 267 Å². The van der Waals surface area contributed by atoms with Crippen molar-refractivity contribution in [3.05, 3.63) is 42.1 Å². The van der Waals surface area contributed by atoms with Crippen LogP contribution in [0.4, 0.5) is 13.2 Å². The van der Waals surface area contributed by atoms with Crippen LogP contribution in [0.5, 0.6) is 11.5 Å². The zero-order valence-corrected chi connectivity index (χ0v) is 27.1. The fraction of sp³-hybridized carbons (Fsp3) is 0.588. The number of alkyl halides is 3. The average molecular weight is 649 g/mol. The van der Waals surface area contributed by atoms with E-state index in [0.29, 0.717) is 53.6 Å². The van der Waals surface area contributed by atoms with Crippen LogP contribution in [0, 0.1) is 12.8 Å². The number of halogens is 3. The highest BCUT2D eigenvalue weighted by molar-refractivity contribution is 5.89. The first kappa shape index (κ1) is 35.0. The summed E-state index contributed by atoms with van der Waals surface area (Å²) in [6, 6.07) is 3.04. The number of nitrogens with zero attached hydrogens (tertiary/aromatic N) is 2. The van der Waals surface area contributed by atoms with Crippen molar-refractivity contribution in [1.82, 2.24) is 9.88 Å². The first-order valence-corrected chi connectivity index (χ1v) is 15.6. The number of aryl methyl sites for hydroxylation is 2. The molecule has 1 fully saturated rings. The third-order valence-corrected chi connectivity index (χ3v) is 8.37. The zero-order valence-electron chi connectivity index (χ0n) is 27.1. The Kier molecular flexibility index (Phi) is 10.6. The molecule has 9 nitrogen and oxygen atoms in total. The number of esters is 2. The first-order valence-electron chi connectivity index (χ1n) is 15.6. The maximum Gasteiger partial charge on any atom is 0.573 e. The number of carbonyl (C=O) groups is 3. The molecule has 2 aromatic rings. The number of hydrogen-bond donors (Lipinski definition) is 0. The van der Waals surface area contributed by atoms with Crippen molar-refractivity contribution < 1.29 is 46.5 Å². The number of methoxy groups -OCH3 is 1. The Morgan fingerprint density at radius 3 is 2.59 bits per heavy atom. The van der Waals surface area contributed by atoms with Crippen molar-refractivity contribution >= 4 is 28.7 Å². The molecule has 0 unspecified atom stereocenters. The van der Waals surface area contributed by atoms with Crippen LogP contribution in [0.15, 0.2) is 30.9 Å². The van der Waals surface area contributed by atoms with Gasteiger partial charge in [0.05, 0.1) is 31.3 Å². The second-order valence-corrected chi connectivity index (χ2v) is 13.1. The molecule has 1 spiro atoms. The van der Waals surface area contributed by atoms with Gasteiger partial charge in [-0.15, -0.1) is 19.8 Å². The third-order valence-electron chi connectivity index (χ3n) is 8.37. The van der Waals surface area contributed by atoms with Crippen LogP contribution >= 0.6 is 0 Å². The lowest BCUT2D eigenvalue weighted by molar-refractivity contribution is -0.274. The lowest BCUT2D eigenvalue weighted by atomic mass is 9.87. The fourth-order valence-electron chi connectivity index (χ4n) is 6.40. The van der Waals surface area contributed by atoms with Crippen LogP contribution in [0.3, 0.4) is 0 Å². The fourth-order valence-corrected chi connectivity index (χ4v) is 6.40. The number of ether oxygens (including phenoxy) is 4. The van der Waals surface area contributed by atoms with E-state index in [-0.39, 0.29) is 31.0 Å². The highest BCUT2D eigenvalue weighted by Gasteiger charge is 2.53. The highest BCUT2D eigenvalue weighted by Crippen LogP contribution is 2.45. The molecule has 0 bridgehead atoms. The minimum Gasteiger partial charge on any atom is -0.483 e. The molecular formula is C34H43F3N2O7. The lowest BCUT2D eigenvalue weighted by Crippen LogP contribution is -2.46. The Bertz CT molecular complexity index is 1470. The molecule has 0 N–H and O–H groups in total. The normalized spacial score (nSPS) is 20.2. The summed E-state index contributed by atoms with van der Waals surface area (Å²) in [6.45, 7) is 10.8.